The van der Waals surface area contributed by atoms with Gasteiger partial charge in [0.15, 0.2) is 5.75 Å². The van der Waals surface area contributed by atoms with Gasteiger partial charge in [0.05, 0.1) is 26.1 Å². The number of rotatable bonds is 4. The highest BCUT2D eigenvalue weighted by Crippen LogP contribution is 2.13. The van der Waals surface area contributed by atoms with Gasteiger partial charge in [-0.25, -0.2) is 9.97 Å². The first kappa shape index (κ1) is 23.9. The number of aliphatic hydroxyl groups is 1. The molecular weight excluding hydrogens is 292 g/mol. The number of anilines is 1. The van der Waals surface area contributed by atoms with E-state index < -0.39 is 0 Å². The van der Waals surface area contributed by atoms with Crippen molar-refractivity contribution in [1.29, 1.82) is 0 Å². The fraction of sp³-hybridized carbons (Fsp3) is 0.765. The third-order valence-electron chi connectivity index (χ3n) is 2.92. The van der Waals surface area contributed by atoms with E-state index in [4.69, 9.17) is 9.84 Å². The molecular formula is C17H36N4O2. The van der Waals surface area contributed by atoms with Crippen molar-refractivity contribution in [2.75, 3.05) is 51.3 Å². The van der Waals surface area contributed by atoms with Crippen LogP contribution in [0.2, 0.25) is 0 Å². The highest BCUT2D eigenvalue weighted by molar-refractivity contribution is 5.32. The monoisotopic (exact) mass is 328 g/mol. The molecule has 1 fully saturated rings. The Bertz CT molecular complexity index is 339. The summed E-state index contributed by atoms with van der Waals surface area (Å²) in [6.07, 6.45) is 3.37. The lowest BCUT2D eigenvalue weighted by Gasteiger charge is -2.34. The Morgan fingerprint density at radius 2 is 1.43 bits per heavy atom. The van der Waals surface area contributed by atoms with Crippen LogP contribution >= 0.6 is 0 Å². The zero-order chi connectivity index (χ0) is 18.1. The van der Waals surface area contributed by atoms with Crippen LogP contribution in [-0.2, 0) is 0 Å². The number of aromatic nitrogens is 2. The molecule has 1 aromatic rings. The van der Waals surface area contributed by atoms with E-state index >= 15 is 0 Å². The lowest BCUT2D eigenvalue weighted by Crippen LogP contribution is -2.47. The Morgan fingerprint density at radius 3 is 1.83 bits per heavy atom. The van der Waals surface area contributed by atoms with E-state index in [1.807, 2.05) is 41.5 Å². The predicted molar refractivity (Wildman–Crippen MR) is 98.4 cm³/mol. The van der Waals surface area contributed by atoms with Crippen LogP contribution in [-0.4, -0.2) is 66.4 Å². The van der Waals surface area contributed by atoms with Crippen molar-refractivity contribution in [2.45, 2.75) is 41.5 Å². The molecule has 2 heterocycles. The van der Waals surface area contributed by atoms with E-state index in [0.29, 0.717) is 5.75 Å². The molecule has 2 rings (SSSR count). The molecule has 1 aromatic heterocycles. The van der Waals surface area contributed by atoms with Gasteiger partial charge in [0.25, 0.3) is 0 Å². The van der Waals surface area contributed by atoms with E-state index in [9.17, 15) is 0 Å². The molecule has 1 aliphatic heterocycles. The maximum atomic E-state index is 8.87. The van der Waals surface area contributed by atoms with Crippen LogP contribution in [0.4, 0.5) is 5.95 Å². The zero-order valence-corrected chi connectivity index (χ0v) is 16.0. The van der Waals surface area contributed by atoms with E-state index in [1.165, 1.54) is 0 Å². The van der Waals surface area contributed by atoms with E-state index in [1.54, 1.807) is 19.5 Å². The third-order valence-corrected chi connectivity index (χ3v) is 2.92. The summed E-state index contributed by atoms with van der Waals surface area (Å²) in [6.45, 7) is 16.6. The predicted octanol–water partition coefficient (Wildman–Crippen LogP) is 2.68. The molecule has 0 amide bonds. The molecule has 0 saturated carbocycles. The second-order valence-electron chi connectivity index (χ2n) is 3.98. The van der Waals surface area contributed by atoms with Crippen LogP contribution in [0.25, 0.3) is 0 Å². The summed E-state index contributed by atoms with van der Waals surface area (Å²) in [5, 5.41) is 8.87. The standard InChI is InChI=1S/C11H18N4O2.3C2H6/c1-17-10-8-12-11(13-9-10)15-4-2-14(3-5-15)6-7-16;3*1-2/h8-9,16H,2-7H2,1H3;3*1-2H3. The fourth-order valence-corrected chi connectivity index (χ4v) is 1.89. The summed E-state index contributed by atoms with van der Waals surface area (Å²) >= 11 is 0. The SMILES string of the molecule is CC.CC.CC.COc1cnc(N2CCN(CCO)CC2)nc1. The molecule has 0 spiro atoms. The molecule has 0 unspecified atom stereocenters. The third kappa shape index (κ3) is 9.36. The molecule has 0 aliphatic carbocycles. The van der Waals surface area contributed by atoms with Gasteiger partial charge in [0, 0.05) is 32.7 Å². The molecule has 0 radical (unpaired) electrons. The number of aliphatic hydroxyl groups excluding tert-OH is 1. The van der Waals surface area contributed by atoms with Crippen molar-refractivity contribution in [1.82, 2.24) is 14.9 Å². The molecule has 0 bridgehead atoms. The quantitative estimate of drug-likeness (QED) is 0.917. The minimum Gasteiger partial charge on any atom is -0.494 e. The van der Waals surface area contributed by atoms with Crippen molar-refractivity contribution >= 4 is 5.95 Å². The van der Waals surface area contributed by atoms with E-state index in [-0.39, 0.29) is 6.61 Å². The summed E-state index contributed by atoms with van der Waals surface area (Å²) in [5.41, 5.74) is 0. The van der Waals surface area contributed by atoms with Crippen molar-refractivity contribution < 1.29 is 9.84 Å². The molecule has 0 atom stereocenters. The maximum absolute atomic E-state index is 8.87. The highest BCUT2D eigenvalue weighted by atomic mass is 16.5. The summed E-state index contributed by atoms with van der Waals surface area (Å²) < 4.78 is 5.03. The number of nitrogens with zero attached hydrogens (tertiary/aromatic N) is 4. The number of hydrogen-bond acceptors (Lipinski definition) is 6. The number of methoxy groups -OCH3 is 1. The second-order valence-corrected chi connectivity index (χ2v) is 3.98. The molecule has 1 aliphatic rings. The van der Waals surface area contributed by atoms with Gasteiger partial charge in [-0.3, -0.25) is 4.90 Å². The second kappa shape index (κ2) is 17.0. The van der Waals surface area contributed by atoms with Crippen LogP contribution in [0.3, 0.4) is 0 Å². The number of piperazine rings is 1. The van der Waals surface area contributed by atoms with Crippen LogP contribution in [0.15, 0.2) is 12.4 Å². The minimum absolute atomic E-state index is 0.221. The first-order valence-electron chi connectivity index (χ1n) is 8.77. The molecule has 6 heteroatoms. The van der Waals surface area contributed by atoms with Gasteiger partial charge >= 0.3 is 0 Å². The largest absolute Gasteiger partial charge is 0.494 e. The summed E-state index contributed by atoms with van der Waals surface area (Å²) in [4.78, 5) is 12.9. The average molecular weight is 329 g/mol. The Labute approximate surface area is 142 Å². The minimum atomic E-state index is 0.221. The van der Waals surface area contributed by atoms with Crippen molar-refractivity contribution in [3.05, 3.63) is 12.4 Å². The Hall–Kier alpha value is -1.40. The van der Waals surface area contributed by atoms with Gasteiger partial charge in [-0.05, 0) is 0 Å². The summed E-state index contributed by atoms with van der Waals surface area (Å²) in [6, 6.07) is 0. The number of hydrogen-bond donors (Lipinski definition) is 1. The Balaban J connectivity index is 0. The first-order valence-corrected chi connectivity index (χ1v) is 8.77. The summed E-state index contributed by atoms with van der Waals surface area (Å²) in [5.74, 6) is 1.42. The van der Waals surface area contributed by atoms with E-state index in [0.717, 1.165) is 38.7 Å². The average Bonchev–Trinajstić information content (AvgIpc) is 2.68. The summed E-state index contributed by atoms with van der Waals surface area (Å²) in [7, 11) is 1.60. The first-order chi connectivity index (χ1) is 11.3. The zero-order valence-electron chi connectivity index (χ0n) is 16.0. The van der Waals surface area contributed by atoms with Crippen LogP contribution in [0.1, 0.15) is 41.5 Å². The van der Waals surface area contributed by atoms with Crippen LogP contribution in [0.5, 0.6) is 5.75 Å². The normalized spacial score (nSPS) is 13.5. The lowest BCUT2D eigenvalue weighted by atomic mass is 10.3. The van der Waals surface area contributed by atoms with E-state index in [2.05, 4.69) is 19.8 Å². The molecule has 1 N–H and O–H groups in total. The Morgan fingerprint density at radius 1 is 0.957 bits per heavy atom. The highest BCUT2D eigenvalue weighted by Gasteiger charge is 2.18. The molecule has 1 saturated heterocycles. The topological polar surface area (TPSA) is 61.7 Å². The smallest absolute Gasteiger partial charge is 0.225 e. The number of ether oxygens (including phenoxy) is 1. The van der Waals surface area contributed by atoms with Gasteiger partial charge in [0.1, 0.15) is 0 Å². The molecule has 0 aromatic carbocycles. The number of β-amino-alcohol motifs (C(OH)–C–C–N with tert-alkyl or cyclic N) is 1. The molecule has 23 heavy (non-hydrogen) atoms. The molecule has 136 valence electrons. The lowest BCUT2D eigenvalue weighted by molar-refractivity contribution is 0.188. The molecule has 6 nitrogen and oxygen atoms in total. The maximum Gasteiger partial charge on any atom is 0.225 e. The van der Waals surface area contributed by atoms with Gasteiger partial charge in [-0.1, -0.05) is 41.5 Å². The Kier molecular flexibility index (Phi) is 17.6. The van der Waals surface area contributed by atoms with Gasteiger partial charge in [-0.2, -0.15) is 0 Å². The van der Waals surface area contributed by atoms with Crippen LogP contribution < -0.4 is 9.64 Å². The fourth-order valence-electron chi connectivity index (χ4n) is 1.89. The van der Waals surface area contributed by atoms with Crippen LogP contribution in [0, 0.1) is 0 Å². The van der Waals surface area contributed by atoms with Crippen molar-refractivity contribution in [3.8, 4) is 5.75 Å². The van der Waals surface area contributed by atoms with Gasteiger partial charge in [0.2, 0.25) is 5.95 Å². The van der Waals surface area contributed by atoms with Crippen molar-refractivity contribution in [2.24, 2.45) is 0 Å². The van der Waals surface area contributed by atoms with Crippen molar-refractivity contribution in [3.63, 3.8) is 0 Å². The van der Waals surface area contributed by atoms with Gasteiger partial charge in [-0.15, -0.1) is 0 Å². The van der Waals surface area contributed by atoms with Gasteiger partial charge < -0.3 is 14.7 Å².